The molecule has 0 aliphatic carbocycles. The predicted octanol–water partition coefficient (Wildman–Crippen LogP) is 1.62. The third-order valence-corrected chi connectivity index (χ3v) is 6.31. The zero-order valence-corrected chi connectivity index (χ0v) is 17.6. The van der Waals surface area contributed by atoms with Crippen LogP contribution in [0.15, 0.2) is 47.5 Å². The van der Waals surface area contributed by atoms with Crippen molar-refractivity contribution in [3.8, 4) is 0 Å². The number of benzene rings is 1. The van der Waals surface area contributed by atoms with Crippen LogP contribution in [0.1, 0.15) is 10.4 Å². The van der Waals surface area contributed by atoms with Gasteiger partial charge in [-0.05, 0) is 36.4 Å². The van der Waals surface area contributed by atoms with Crippen LogP contribution in [0.5, 0.6) is 0 Å². The summed E-state index contributed by atoms with van der Waals surface area (Å²) in [5, 5.41) is 0.585. The van der Waals surface area contributed by atoms with Crippen molar-refractivity contribution in [1.82, 2.24) is 14.6 Å². The first-order valence-electron chi connectivity index (χ1n) is 9.15. The van der Waals surface area contributed by atoms with Crippen molar-refractivity contribution in [2.75, 3.05) is 51.3 Å². The van der Waals surface area contributed by atoms with Crippen LogP contribution in [0, 0.1) is 0 Å². The fourth-order valence-corrected chi connectivity index (χ4v) is 4.14. The molecule has 1 N–H and O–H groups in total. The molecule has 0 saturated carbocycles. The van der Waals surface area contributed by atoms with Gasteiger partial charge in [0.1, 0.15) is 5.82 Å². The first-order chi connectivity index (χ1) is 13.9. The number of piperazine rings is 1. The summed E-state index contributed by atoms with van der Waals surface area (Å²) in [4.78, 5) is 21.0. The highest BCUT2D eigenvalue weighted by Gasteiger charge is 2.23. The van der Waals surface area contributed by atoms with E-state index in [0.717, 1.165) is 5.82 Å². The zero-order chi connectivity index (χ0) is 20.9. The Kier molecular flexibility index (Phi) is 7.07. The largest absolute Gasteiger partial charge is 0.383 e. The number of hydrogen-bond donors (Lipinski definition) is 1. The van der Waals surface area contributed by atoms with E-state index in [1.807, 2.05) is 6.07 Å². The minimum Gasteiger partial charge on any atom is -0.383 e. The van der Waals surface area contributed by atoms with Gasteiger partial charge >= 0.3 is 0 Å². The molecule has 3 rings (SSSR count). The number of ether oxygens (including phenoxy) is 1. The molecule has 0 spiro atoms. The minimum atomic E-state index is -3.62. The summed E-state index contributed by atoms with van der Waals surface area (Å²) in [6.07, 6.45) is 1.61. The van der Waals surface area contributed by atoms with Gasteiger partial charge in [0.2, 0.25) is 10.0 Å². The molecule has 1 saturated heterocycles. The minimum absolute atomic E-state index is 0.115. The lowest BCUT2D eigenvalue weighted by molar-refractivity contribution is 0.0746. The number of methoxy groups -OCH3 is 1. The topological polar surface area (TPSA) is 91.8 Å². The molecule has 156 valence electrons. The highest BCUT2D eigenvalue weighted by atomic mass is 35.5. The number of carbonyl (C=O) groups excluding carboxylic acids is 1. The molecule has 1 aromatic carbocycles. The third kappa shape index (κ3) is 5.45. The maximum atomic E-state index is 12.8. The maximum Gasteiger partial charge on any atom is 0.253 e. The monoisotopic (exact) mass is 438 g/mol. The van der Waals surface area contributed by atoms with E-state index < -0.39 is 10.0 Å². The number of aromatic nitrogens is 1. The molecule has 0 bridgehead atoms. The molecular formula is C19H23ClN4O4S. The first kappa shape index (κ1) is 21.5. The second-order valence-electron chi connectivity index (χ2n) is 6.53. The van der Waals surface area contributed by atoms with E-state index in [4.69, 9.17) is 16.3 Å². The highest BCUT2D eigenvalue weighted by molar-refractivity contribution is 7.89. The van der Waals surface area contributed by atoms with Crippen molar-refractivity contribution in [3.05, 3.63) is 53.2 Å². The second-order valence-corrected chi connectivity index (χ2v) is 8.73. The van der Waals surface area contributed by atoms with Crippen molar-refractivity contribution in [3.63, 3.8) is 0 Å². The summed E-state index contributed by atoms with van der Waals surface area (Å²) in [6.45, 7) is 2.91. The average Bonchev–Trinajstić information content (AvgIpc) is 2.74. The van der Waals surface area contributed by atoms with E-state index in [9.17, 15) is 13.2 Å². The molecule has 1 aromatic heterocycles. The number of rotatable bonds is 7. The Morgan fingerprint density at radius 1 is 1.14 bits per heavy atom. The lowest BCUT2D eigenvalue weighted by Gasteiger charge is -2.35. The SMILES string of the molecule is COCCNS(=O)(=O)c1ccc(C(=O)N2CCN(c3ccc(Cl)cn3)CC2)cc1. The van der Waals surface area contributed by atoms with Crippen LogP contribution in [0.2, 0.25) is 5.02 Å². The number of anilines is 1. The maximum absolute atomic E-state index is 12.8. The van der Waals surface area contributed by atoms with Gasteiger partial charge in [-0.3, -0.25) is 4.79 Å². The Balaban J connectivity index is 1.59. The molecule has 8 nitrogen and oxygen atoms in total. The van der Waals surface area contributed by atoms with Gasteiger partial charge in [-0.25, -0.2) is 18.1 Å². The summed E-state index contributed by atoms with van der Waals surface area (Å²) in [6, 6.07) is 9.62. The molecule has 2 heterocycles. The van der Waals surface area contributed by atoms with Gasteiger partial charge in [0.05, 0.1) is 16.5 Å². The molecule has 10 heteroatoms. The van der Waals surface area contributed by atoms with Gasteiger partial charge in [-0.1, -0.05) is 11.6 Å². The molecule has 1 aliphatic rings. The van der Waals surface area contributed by atoms with Crippen molar-refractivity contribution in [1.29, 1.82) is 0 Å². The van der Waals surface area contributed by atoms with Gasteiger partial charge in [-0.15, -0.1) is 0 Å². The van der Waals surface area contributed by atoms with Gasteiger partial charge in [-0.2, -0.15) is 0 Å². The van der Waals surface area contributed by atoms with E-state index in [1.54, 1.807) is 29.3 Å². The Labute approximate surface area is 175 Å². The quantitative estimate of drug-likeness (QED) is 0.660. The van der Waals surface area contributed by atoms with Crippen LogP contribution in [0.25, 0.3) is 0 Å². The fraction of sp³-hybridized carbons (Fsp3) is 0.368. The lowest BCUT2D eigenvalue weighted by atomic mass is 10.2. The van der Waals surface area contributed by atoms with Crippen LogP contribution in [-0.4, -0.2) is 70.6 Å². The number of amides is 1. The summed E-state index contributed by atoms with van der Waals surface area (Å²) in [7, 11) is -2.12. The highest BCUT2D eigenvalue weighted by Crippen LogP contribution is 2.18. The van der Waals surface area contributed by atoms with E-state index in [-0.39, 0.29) is 24.0 Å². The summed E-state index contributed by atoms with van der Waals surface area (Å²) in [5.41, 5.74) is 0.457. The van der Waals surface area contributed by atoms with Crippen molar-refractivity contribution in [2.45, 2.75) is 4.90 Å². The van der Waals surface area contributed by atoms with Gasteiger partial charge < -0.3 is 14.5 Å². The van der Waals surface area contributed by atoms with Crippen molar-refractivity contribution >= 4 is 33.3 Å². The Morgan fingerprint density at radius 2 is 1.83 bits per heavy atom. The zero-order valence-electron chi connectivity index (χ0n) is 16.0. The molecule has 1 amide bonds. The molecule has 2 aromatic rings. The van der Waals surface area contributed by atoms with Gasteiger partial charge in [0.25, 0.3) is 5.91 Å². The van der Waals surface area contributed by atoms with E-state index >= 15 is 0 Å². The normalized spacial score (nSPS) is 14.8. The third-order valence-electron chi connectivity index (χ3n) is 4.61. The number of pyridine rings is 1. The van der Waals surface area contributed by atoms with E-state index in [1.165, 1.54) is 19.2 Å². The first-order valence-corrected chi connectivity index (χ1v) is 11.0. The smallest absolute Gasteiger partial charge is 0.253 e. The molecule has 0 radical (unpaired) electrons. The molecule has 0 unspecified atom stereocenters. The standard InChI is InChI=1S/C19H23ClN4O4S/c1-28-13-8-22-29(26,27)17-5-2-15(3-6-17)19(25)24-11-9-23(10-12-24)18-7-4-16(20)14-21-18/h2-7,14,22H,8-13H2,1H3. The van der Waals surface area contributed by atoms with Crippen molar-refractivity contribution in [2.24, 2.45) is 0 Å². The number of carbonyl (C=O) groups is 1. The Bertz CT molecular complexity index is 928. The second kappa shape index (κ2) is 9.53. The van der Waals surface area contributed by atoms with Gasteiger partial charge in [0.15, 0.2) is 0 Å². The van der Waals surface area contributed by atoms with Crippen molar-refractivity contribution < 1.29 is 17.9 Å². The predicted molar refractivity (Wildman–Crippen MR) is 111 cm³/mol. The van der Waals surface area contributed by atoms with Gasteiger partial charge in [0, 0.05) is 51.6 Å². The Morgan fingerprint density at radius 3 is 2.41 bits per heavy atom. The number of sulfonamides is 1. The molecular weight excluding hydrogens is 416 g/mol. The fourth-order valence-electron chi connectivity index (χ4n) is 3.01. The summed E-state index contributed by atoms with van der Waals surface area (Å²) < 4.78 is 31.7. The number of nitrogens with one attached hydrogen (secondary N) is 1. The average molecular weight is 439 g/mol. The summed E-state index contributed by atoms with van der Waals surface area (Å²) >= 11 is 5.87. The number of nitrogens with zero attached hydrogens (tertiary/aromatic N) is 3. The molecule has 29 heavy (non-hydrogen) atoms. The number of halogens is 1. The summed E-state index contributed by atoms with van der Waals surface area (Å²) in [5.74, 6) is 0.710. The van der Waals surface area contributed by atoms with Crippen LogP contribution < -0.4 is 9.62 Å². The van der Waals surface area contributed by atoms with Crippen LogP contribution in [0.4, 0.5) is 5.82 Å². The molecule has 1 fully saturated rings. The molecule has 0 atom stereocenters. The van der Waals surface area contributed by atoms with Crippen LogP contribution in [0.3, 0.4) is 0 Å². The number of hydrogen-bond acceptors (Lipinski definition) is 6. The Hall–Kier alpha value is -2.20. The molecule has 1 aliphatic heterocycles. The van der Waals surface area contributed by atoms with E-state index in [0.29, 0.717) is 36.8 Å². The van der Waals surface area contributed by atoms with Crippen LogP contribution >= 0.6 is 11.6 Å². The lowest BCUT2D eigenvalue weighted by Crippen LogP contribution is -2.49. The van der Waals surface area contributed by atoms with E-state index in [2.05, 4.69) is 14.6 Å². The van der Waals surface area contributed by atoms with Crippen LogP contribution in [-0.2, 0) is 14.8 Å².